The summed E-state index contributed by atoms with van der Waals surface area (Å²) in [5, 5.41) is 4.85. The van der Waals surface area contributed by atoms with Crippen molar-refractivity contribution in [1.29, 1.82) is 0 Å². The van der Waals surface area contributed by atoms with Gasteiger partial charge in [-0.1, -0.05) is 6.07 Å². The van der Waals surface area contributed by atoms with Crippen LogP contribution in [0.25, 0.3) is 6.08 Å². The molecule has 0 unspecified atom stereocenters. The number of halogens is 2. The van der Waals surface area contributed by atoms with Gasteiger partial charge in [-0.25, -0.2) is 8.78 Å². The molecule has 0 radical (unpaired) electrons. The number of nitrogens with zero attached hydrogens (tertiary/aromatic N) is 2. The van der Waals surface area contributed by atoms with E-state index in [1.165, 1.54) is 12.1 Å². The largest absolute Gasteiger partial charge is 0.348 e. The first kappa shape index (κ1) is 21.8. The number of benzene rings is 1. The minimum Gasteiger partial charge on any atom is -0.348 e. The van der Waals surface area contributed by atoms with E-state index in [1.54, 1.807) is 28.5 Å². The van der Waals surface area contributed by atoms with Crippen LogP contribution in [0.4, 0.5) is 8.78 Å². The summed E-state index contributed by atoms with van der Waals surface area (Å²) in [7, 11) is 0. The van der Waals surface area contributed by atoms with Gasteiger partial charge < -0.3 is 10.2 Å². The van der Waals surface area contributed by atoms with E-state index < -0.39 is 11.6 Å². The fourth-order valence-corrected chi connectivity index (χ4v) is 4.34. The van der Waals surface area contributed by atoms with E-state index in [4.69, 9.17) is 0 Å². The van der Waals surface area contributed by atoms with Gasteiger partial charge in [-0.05, 0) is 65.8 Å². The Kier molecular flexibility index (Phi) is 6.41. The summed E-state index contributed by atoms with van der Waals surface area (Å²) >= 11 is 1.55. The number of amides is 2. The number of pyridine rings is 1. The normalized spacial score (nSPS) is 13.3. The second-order valence-corrected chi connectivity index (χ2v) is 8.48. The van der Waals surface area contributed by atoms with E-state index in [1.807, 2.05) is 24.4 Å². The first-order valence-electron chi connectivity index (χ1n) is 10.1. The smallest absolute Gasteiger partial charge is 0.254 e. The highest BCUT2D eigenvalue weighted by molar-refractivity contribution is 7.10. The highest BCUT2D eigenvalue weighted by Crippen LogP contribution is 2.25. The minimum atomic E-state index is -1.04. The zero-order valence-corrected chi connectivity index (χ0v) is 18.2. The van der Waals surface area contributed by atoms with Crippen LogP contribution in [-0.2, 0) is 24.3 Å². The second-order valence-electron chi connectivity index (χ2n) is 7.50. The molecule has 0 atom stereocenters. The summed E-state index contributed by atoms with van der Waals surface area (Å²) < 4.78 is 26.7. The van der Waals surface area contributed by atoms with Crippen LogP contribution in [0.2, 0.25) is 0 Å². The van der Waals surface area contributed by atoms with Gasteiger partial charge in [-0.3, -0.25) is 14.6 Å². The molecule has 32 heavy (non-hydrogen) atoms. The van der Waals surface area contributed by atoms with Crippen molar-refractivity contribution in [1.82, 2.24) is 15.2 Å². The van der Waals surface area contributed by atoms with Gasteiger partial charge in [0.25, 0.3) is 5.91 Å². The van der Waals surface area contributed by atoms with Crippen LogP contribution in [0.5, 0.6) is 0 Å². The van der Waals surface area contributed by atoms with Crippen molar-refractivity contribution in [3.63, 3.8) is 0 Å². The Morgan fingerprint density at radius 3 is 2.84 bits per heavy atom. The number of carbonyl (C=O) groups excluding carboxylic acids is 2. The molecular weight excluding hydrogens is 432 g/mol. The topological polar surface area (TPSA) is 62.3 Å². The monoisotopic (exact) mass is 453 g/mol. The quantitative estimate of drug-likeness (QED) is 0.588. The van der Waals surface area contributed by atoms with E-state index in [-0.39, 0.29) is 17.4 Å². The van der Waals surface area contributed by atoms with Crippen molar-refractivity contribution in [2.45, 2.75) is 26.4 Å². The summed E-state index contributed by atoms with van der Waals surface area (Å²) in [6, 6.07) is 7.02. The molecule has 2 aromatic heterocycles. The van der Waals surface area contributed by atoms with E-state index in [0.717, 1.165) is 39.4 Å². The lowest BCUT2D eigenvalue weighted by Crippen LogP contribution is -2.37. The molecule has 0 fully saturated rings. The third-order valence-electron chi connectivity index (χ3n) is 5.43. The number of fused-ring (bicyclic) bond motifs is 1. The average molecular weight is 454 g/mol. The molecular formula is C24H21F2N3O2S. The second kappa shape index (κ2) is 9.40. The molecule has 0 spiro atoms. The van der Waals surface area contributed by atoms with Gasteiger partial charge in [0.05, 0.1) is 0 Å². The fourth-order valence-electron chi connectivity index (χ4n) is 3.72. The van der Waals surface area contributed by atoms with Crippen molar-refractivity contribution < 1.29 is 18.4 Å². The Morgan fingerprint density at radius 1 is 1.25 bits per heavy atom. The van der Waals surface area contributed by atoms with Crippen LogP contribution in [-0.4, -0.2) is 28.2 Å². The predicted octanol–water partition coefficient (Wildman–Crippen LogP) is 4.26. The van der Waals surface area contributed by atoms with Crippen molar-refractivity contribution in [3.05, 3.63) is 92.4 Å². The Labute approximate surface area is 188 Å². The van der Waals surface area contributed by atoms with Crippen molar-refractivity contribution in [2.24, 2.45) is 0 Å². The zero-order valence-electron chi connectivity index (χ0n) is 17.4. The van der Waals surface area contributed by atoms with Gasteiger partial charge in [-0.2, -0.15) is 0 Å². The first-order valence-corrected chi connectivity index (χ1v) is 11.0. The summed E-state index contributed by atoms with van der Waals surface area (Å²) in [6.07, 6.45) is 5.60. The molecule has 1 aromatic carbocycles. The number of aryl methyl sites for hydroxylation is 1. The predicted molar refractivity (Wildman–Crippen MR) is 119 cm³/mol. The minimum absolute atomic E-state index is 0.109. The van der Waals surface area contributed by atoms with Gasteiger partial charge in [0.15, 0.2) is 11.6 Å². The summed E-state index contributed by atoms with van der Waals surface area (Å²) in [5.41, 5.74) is 3.83. The van der Waals surface area contributed by atoms with Gasteiger partial charge in [0, 0.05) is 48.0 Å². The molecule has 1 aliphatic heterocycles. The van der Waals surface area contributed by atoms with Crippen LogP contribution >= 0.6 is 11.3 Å². The molecule has 2 amide bonds. The van der Waals surface area contributed by atoms with E-state index in [9.17, 15) is 18.4 Å². The molecule has 3 aromatic rings. The third kappa shape index (κ3) is 4.75. The number of hydrogen-bond acceptors (Lipinski definition) is 4. The molecule has 1 N–H and O–H groups in total. The van der Waals surface area contributed by atoms with Crippen LogP contribution in [0, 0.1) is 18.6 Å². The molecule has 1 aliphatic rings. The SMILES string of the molecule is Cc1ncc2c(c1CNC(=O)C=Cc1cccs1)CCN(C(=O)c1ccc(F)c(F)c1)C2. The highest BCUT2D eigenvalue weighted by Gasteiger charge is 2.25. The van der Waals surface area contributed by atoms with Crippen LogP contribution < -0.4 is 5.32 Å². The Morgan fingerprint density at radius 2 is 2.09 bits per heavy atom. The fraction of sp³-hybridized carbons (Fsp3) is 0.208. The molecule has 0 bridgehead atoms. The number of rotatable bonds is 5. The van der Waals surface area contributed by atoms with Crippen LogP contribution in [0.1, 0.15) is 37.6 Å². The van der Waals surface area contributed by atoms with Gasteiger partial charge in [0.2, 0.25) is 5.91 Å². The molecule has 0 saturated carbocycles. The number of thiophene rings is 1. The molecule has 164 valence electrons. The maximum absolute atomic E-state index is 13.5. The number of carbonyl (C=O) groups is 2. The molecule has 8 heteroatoms. The van der Waals surface area contributed by atoms with E-state index in [2.05, 4.69) is 10.3 Å². The van der Waals surface area contributed by atoms with Gasteiger partial charge in [0.1, 0.15) is 0 Å². The summed E-state index contributed by atoms with van der Waals surface area (Å²) in [6.45, 7) is 2.99. The van der Waals surface area contributed by atoms with Crippen molar-refractivity contribution in [3.8, 4) is 0 Å². The number of hydrogen-bond donors (Lipinski definition) is 1. The molecule has 5 nitrogen and oxygen atoms in total. The van der Waals surface area contributed by atoms with Gasteiger partial charge >= 0.3 is 0 Å². The van der Waals surface area contributed by atoms with E-state index in [0.29, 0.717) is 26.1 Å². The lowest BCUT2D eigenvalue weighted by atomic mass is 9.94. The number of aromatic nitrogens is 1. The lowest BCUT2D eigenvalue weighted by molar-refractivity contribution is -0.116. The molecule has 3 heterocycles. The molecule has 4 rings (SSSR count). The maximum atomic E-state index is 13.5. The Hall–Kier alpha value is -3.39. The zero-order chi connectivity index (χ0) is 22.7. The highest BCUT2D eigenvalue weighted by atomic mass is 32.1. The van der Waals surface area contributed by atoms with Crippen LogP contribution in [0.15, 0.2) is 48.0 Å². The van der Waals surface area contributed by atoms with Gasteiger partial charge in [-0.15, -0.1) is 11.3 Å². The van der Waals surface area contributed by atoms with Crippen LogP contribution in [0.3, 0.4) is 0 Å². The average Bonchev–Trinajstić information content (AvgIpc) is 3.32. The lowest BCUT2D eigenvalue weighted by Gasteiger charge is -2.30. The van der Waals surface area contributed by atoms with E-state index >= 15 is 0 Å². The standard InChI is InChI=1S/C24H21F2N3O2S/c1-15-20(13-28-23(30)7-5-18-3-2-10-32-18)19-8-9-29(14-17(19)12-27-15)24(31)16-4-6-21(25)22(26)11-16/h2-7,10-12H,8-9,13-14H2,1H3,(H,28,30). The molecule has 0 saturated heterocycles. The Balaban J connectivity index is 1.46. The van der Waals surface area contributed by atoms with Crippen molar-refractivity contribution in [2.75, 3.05) is 6.54 Å². The summed E-state index contributed by atoms with van der Waals surface area (Å²) in [5.74, 6) is -2.58. The third-order valence-corrected chi connectivity index (χ3v) is 6.27. The molecule has 0 aliphatic carbocycles. The number of nitrogens with one attached hydrogen (secondary N) is 1. The van der Waals surface area contributed by atoms with Crippen molar-refractivity contribution >= 4 is 29.2 Å². The Bertz CT molecular complexity index is 1190. The summed E-state index contributed by atoms with van der Waals surface area (Å²) in [4.78, 5) is 32.0. The maximum Gasteiger partial charge on any atom is 0.254 e. The first-order chi connectivity index (χ1) is 15.4.